The molecule has 6 heterocycles. The number of aromatic nitrogens is 6. The molecule has 4 amide bonds. The van der Waals surface area contributed by atoms with E-state index in [0.717, 1.165) is 51.3 Å². The number of nitrogens with one attached hydrogen (secondary N) is 4. The van der Waals surface area contributed by atoms with Gasteiger partial charge in [0, 0.05) is 35.8 Å². The molecule has 1 fully saturated rings. The van der Waals surface area contributed by atoms with Crippen molar-refractivity contribution in [2.75, 3.05) is 33.9 Å². The second-order valence-electron chi connectivity index (χ2n) is 16.5. The molecule has 2 aliphatic rings. The number of aryl methyl sites for hydroxylation is 1. The van der Waals surface area contributed by atoms with Gasteiger partial charge in [0.25, 0.3) is 0 Å². The predicted octanol–water partition coefficient (Wildman–Crippen LogP) is 7.71. The number of imidazole rings is 2. The SMILES string of the molecule is CCCc1ncc(C2Oc3cc(-c4cnc(C5CCCN5C(=O)CNC(=O)OC)[nH]4)cc(F)c3-c3cc4cc(-c5cnc(CN(CCC)C(=O)C(NC(=O)OC)C(C)C)[nH]5)ccc4n32)s1. The minimum atomic E-state index is -0.765. The number of rotatable bonds is 15. The number of carbonyl (C=O) groups excluding carboxylic acids is 4. The van der Waals surface area contributed by atoms with Crippen LogP contribution in [-0.2, 0) is 32.0 Å². The Morgan fingerprint density at radius 1 is 0.969 bits per heavy atom. The van der Waals surface area contributed by atoms with E-state index in [1.807, 2.05) is 61.9 Å². The van der Waals surface area contributed by atoms with Crippen LogP contribution >= 0.6 is 11.3 Å². The molecular weight excluding hydrogens is 856 g/mol. The Hall–Kier alpha value is -6.76. The number of alkyl carbamates (subject to hydrolysis) is 2. The number of fused-ring (bicyclic) bond motifs is 5. The monoisotopic (exact) mass is 908 g/mol. The summed E-state index contributed by atoms with van der Waals surface area (Å²) in [6, 6.07) is 10.1. The first-order valence-electron chi connectivity index (χ1n) is 21.8. The highest BCUT2D eigenvalue weighted by Crippen LogP contribution is 2.48. The summed E-state index contributed by atoms with van der Waals surface area (Å²) in [6.45, 7) is 8.82. The first-order chi connectivity index (χ1) is 31.4. The number of halogens is 1. The predicted molar refractivity (Wildman–Crippen MR) is 241 cm³/mol. The van der Waals surface area contributed by atoms with Gasteiger partial charge in [0.05, 0.1) is 77.2 Å². The van der Waals surface area contributed by atoms with Crippen molar-refractivity contribution in [3.8, 4) is 39.5 Å². The molecule has 4 aromatic heterocycles. The van der Waals surface area contributed by atoms with Crippen LogP contribution in [0.4, 0.5) is 14.0 Å². The largest absolute Gasteiger partial charge is 0.464 e. The average Bonchev–Trinajstić information content (AvgIpc) is 4.16. The first-order valence-corrected chi connectivity index (χ1v) is 22.7. The third-order valence-electron chi connectivity index (χ3n) is 11.7. The summed E-state index contributed by atoms with van der Waals surface area (Å²) in [5.74, 6) is 0.373. The Bertz CT molecular complexity index is 2720. The van der Waals surface area contributed by atoms with Crippen molar-refractivity contribution >= 4 is 46.2 Å². The zero-order chi connectivity index (χ0) is 45.9. The minimum absolute atomic E-state index is 0.169. The lowest BCUT2D eigenvalue weighted by Gasteiger charge is -2.29. The van der Waals surface area contributed by atoms with Crippen LogP contribution in [0.15, 0.2) is 55.0 Å². The average molecular weight is 909 g/mol. The summed E-state index contributed by atoms with van der Waals surface area (Å²) < 4.78 is 34.9. The molecule has 0 spiro atoms. The lowest BCUT2D eigenvalue weighted by molar-refractivity contribution is -0.135. The van der Waals surface area contributed by atoms with Crippen molar-refractivity contribution in [2.45, 2.75) is 84.7 Å². The number of H-pyrrole nitrogens is 2. The van der Waals surface area contributed by atoms with Gasteiger partial charge in [-0.1, -0.05) is 33.8 Å². The van der Waals surface area contributed by atoms with E-state index in [1.54, 1.807) is 33.5 Å². The minimum Gasteiger partial charge on any atom is -0.464 e. The van der Waals surface area contributed by atoms with Crippen LogP contribution in [0.3, 0.4) is 0 Å². The van der Waals surface area contributed by atoms with Crippen LogP contribution in [0.2, 0.25) is 0 Å². The molecule has 19 heteroatoms. The summed E-state index contributed by atoms with van der Waals surface area (Å²) in [6.07, 6.45) is 7.11. The van der Waals surface area contributed by atoms with E-state index in [1.165, 1.54) is 20.3 Å². The highest BCUT2D eigenvalue weighted by molar-refractivity contribution is 7.11. The second-order valence-corrected chi connectivity index (χ2v) is 17.7. The summed E-state index contributed by atoms with van der Waals surface area (Å²) in [5.41, 5.74) is 4.46. The Balaban J connectivity index is 1.10. The number of carbonyl (C=O) groups is 4. The number of hydrogen-bond acceptors (Lipinski definition) is 11. The maximum atomic E-state index is 16.7. The van der Waals surface area contributed by atoms with Crippen LogP contribution in [0.5, 0.6) is 5.75 Å². The molecule has 4 N–H and O–H groups in total. The van der Waals surface area contributed by atoms with Crippen LogP contribution in [0, 0.1) is 11.7 Å². The van der Waals surface area contributed by atoms with Gasteiger partial charge in [-0.15, -0.1) is 11.3 Å². The van der Waals surface area contributed by atoms with Gasteiger partial charge < -0.3 is 44.6 Å². The van der Waals surface area contributed by atoms with E-state index in [2.05, 4.69) is 42.2 Å². The molecule has 3 atom stereocenters. The molecule has 0 bridgehead atoms. The maximum Gasteiger partial charge on any atom is 0.407 e. The van der Waals surface area contributed by atoms with E-state index in [9.17, 15) is 19.2 Å². The molecule has 2 aliphatic heterocycles. The zero-order valence-corrected chi connectivity index (χ0v) is 38.0. The number of benzene rings is 2. The number of amides is 4. The molecule has 2 aromatic carbocycles. The number of likely N-dealkylation sites (tertiary alicyclic amines) is 1. The van der Waals surface area contributed by atoms with Crippen molar-refractivity contribution in [1.82, 2.24) is 49.9 Å². The van der Waals surface area contributed by atoms with Crippen LogP contribution < -0.4 is 15.4 Å². The molecule has 342 valence electrons. The maximum absolute atomic E-state index is 16.7. The van der Waals surface area contributed by atoms with Gasteiger partial charge in [0.1, 0.15) is 35.8 Å². The van der Waals surface area contributed by atoms with Gasteiger partial charge in [-0.25, -0.2) is 28.9 Å². The van der Waals surface area contributed by atoms with E-state index in [4.69, 9.17) is 14.5 Å². The lowest BCUT2D eigenvalue weighted by Crippen LogP contribution is -2.51. The third-order valence-corrected chi connectivity index (χ3v) is 12.8. The number of aromatic amines is 2. The normalized spacial score (nSPS) is 15.9. The number of nitrogens with zero attached hydrogens (tertiary/aromatic N) is 6. The molecule has 8 rings (SSSR count). The second kappa shape index (κ2) is 19.1. The van der Waals surface area contributed by atoms with Crippen molar-refractivity contribution in [2.24, 2.45) is 5.92 Å². The Kier molecular flexibility index (Phi) is 13.2. The Morgan fingerprint density at radius 3 is 2.51 bits per heavy atom. The Labute approximate surface area is 379 Å². The van der Waals surface area contributed by atoms with Crippen LogP contribution in [-0.4, -0.2) is 103 Å². The topological polar surface area (TPSA) is 202 Å². The fourth-order valence-electron chi connectivity index (χ4n) is 8.58. The molecule has 3 unspecified atom stereocenters. The Morgan fingerprint density at radius 2 is 1.75 bits per heavy atom. The fourth-order valence-corrected chi connectivity index (χ4v) is 9.62. The molecule has 0 aliphatic carbocycles. The van der Waals surface area contributed by atoms with Crippen molar-refractivity contribution < 1.29 is 37.8 Å². The summed E-state index contributed by atoms with van der Waals surface area (Å²) in [4.78, 5) is 75.3. The molecule has 0 radical (unpaired) electrons. The third kappa shape index (κ3) is 9.14. The van der Waals surface area contributed by atoms with Gasteiger partial charge in [-0.05, 0) is 68.4 Å². The summed E-state index contributed by atoms with van der Waals surface area (Å²) in [5, 5.41) is 6.96. The van der Waals surface area contributed by atoms with Gasteiger partial charge in [0.15, 0.2) is 0 Å². The molecule has 0 saturated carbocycles. The van der Waals surface area contributed by atoms with E-state index in [-0.39, 0.29) is 36.9 Å². The van der Waals surface area contributed by atoms with Crippen LogP contribution in [0.25, 0.3) is 44.7 Å². The van der Waals surface area contributed by atoms with Crippen molar-refractivity contribution in [1.29, 1.82) is 0 Å². The quantitative estimate of drug-likeness (QED) is 0.0791. The first kappa shape index (κ1) is 44.8. The zero-order valence-electron chi connectivity index (χ0n) is 37.2. The molecule has 1 saturated heterocycles. The van der Waals surface area contributed by atoms with Crippen molar-refractivity contribution in [3.05, 3.63) is 82.3 Å². The van der Waals surface area contributed by atoms with Gasteiger partial charge in [-0.3, -0.25) is 14.2 Å². The van der Waals surface area contributed by atoms with Gasteiger partial charge in [0.2, 0.25) is 18.0 Å². The number of hydrogen-bond donors (Lipinski definition) is 4. The molecular formula is C46H53FN10O7S. The van der Waals surface area contributed by atoms with Gasteiger partial charge >= 0.3 is 12.2 Å². The standard InChI is InChI=1S/C46H53FN10O7S/c1-7-10-38-49-22-36(65-38)44-57-32-13-12-26(30-20-48-37(52-30)24-55(14-8-2)43(59)41(25(3)4)54-46(61)63-6)16-28(32)18-34(57)40-29(47)17-27(19-35(40)64-44)31-21-50-42(53-31)33-11-9-15-56(33)39(58)23-51-45(60)62-5/h12-13,16-22,25,33,41,44H,7-11,14-15,23-24H2,1-6H3,(H,48,52)(H,50,53)(H,51,60)(H,54,61). The number of ether oxygens (including phenoxy) is 3. The number of methoxy groups -OCH3 is 2. The molecule has 65 heavy (non-hydrogen) atoms. The van der Waals surface area contributed by atoms with E-state index < -0.39 is 30.3 Å². The lowest BCUT2D eigenvalue weighted by atomic mass is 10.0. The van der Waals surface area contributed by atoms with E-state index >= 15 is 4.39 Å². The molecule has 6 aromatic rings. The van der Waals surface area contributed by atoms with Crippen LogP contribution in [0.1, 0.15) is 87.2 Å². The summed E-state index contributed by atoms with van der Waals surface area (Å²) >= 11 is 1.57. The summed E-state index contributed by atoms with van der Waals surface area (Å²) in [7, 11) is 2.51. The smallest absolute Gasteiger partial charge is 0.407 e. The van der Waals surface area contributed by atoms with E-state index in [0.29, 0.717) is 65.8 Å². The number of thiazole rings is 1. The molecule has 17 nitrogen and oxygen atoms in total. The highest BCUT2D eigenvalue weighted by atomic mass is 32.1. The van der Waals surface area contributed by atoms with Gasteiger partial charge in [-0.2, -0.15) is 0 Å². The highest BCUT2D eigenvalue weighted by Gasteiger charge is 2.35. The van der Waals surface area contributed by atoms with Crippen molar-refractivity contribution in [3.63, 3.8) is 0 Å². The fraction of sp³-hybridized carbons (Fsp3) is 0.413.